The Labute approximate surface area is 181 Å². The molecule has 8 heteroatoms. The molecular formula is C23H30N6O2. The van der Waals surface area contributed by atoms with Crippen LogP contribution in [0.5, 0.6) is 0 Å². The summed E-state index contributed by atoms with van der Waals surface area (Å²) in [5, 5.41) is 0. The molecule has 0 N–H and O–H groups in total. The number of likely N-dealkylation sites (tertiary alicyclic amines) is 1. The first-order valence-electron chi connectivity index (χ1n) is 11.3. The van der Waals surface area contributed by atoms with Crippen LogP contribution in [-0.4, -0.2) is 49.8 Å². The van der Waals surface area contributed by atoms with Gasteiger partial charge in [0.15, 0.2) is 11.2 Å². The summed E-state index contributed by atoms with van der Waals surface area (Å²) in [6.07, 6.45) is 3.65. The maximum absolute atomic E-state index is 13.5. The lowest BCUT2D eigenvalue weighted by molar-refractivity contribution is 0.218. The second-order valence-electron chi connectivity index (χ2n) is 8.95. The topological polar surface area (TPSA) is 68.3 Å². The summed E-state index contributed by atoms with van der Waals surface area (Å²) < 4.78 is 4.94. The number of nitrogens with zero attached hydrogens (tertiary/aromatic N) is 6. The van der Waals surface area contributed by atoms with E-state index in [0.717, 1.165) is 37.8 Å². The van der Waals surface area contributed by atoms with Crippen molar-refractivity contribution in [3.05, 3.63) is 51.2 Å². The molecule has 0 saturated carbocycles. The summed E-state index contributed by atoms with van der Waals surface area (Å²) in [4.78, 5) is 35.8. The minimum Gasteiger partial charge on any atom is -0.312 e. The first-order valence-corrected chi connectivity index (χ1v) is 11.3. The molecule has 0 spiro atoms. The molecule has 0 amide bonds. The van der Waals surface area contributed by atoms with Crippen LogP contribution in [0.1, 0.15) is 26.2 Å². The smallest absolute Gasteiger partial charge is 0.312 e. The zero-order valence-corrected chi connectivity index (χ0v) is 18.3. The summed E-state index contributed by atoms with van der Waals surface area (Å²) in [6.45, 7) is 6.96. The fourth-order valence-electron chi connectivity index (χ4n) is 4.95. The average molecular weight is 423 g/mol. The van der Waals surface area contributed by atoms with Crippen LogP contribution in [0.3, 0.4) is 0 Å². The highest BCUT2D eigenvalue weighted by molar-refractivity contribution is 5.77. The number of fused-ring (bicyclic) bond motifs is 3. The Kier molecular flexibility index (Phi) is 5.17. The highest BCUT2D eigenvalue weighted by atomic mass is 16.2. The minimum absolute atomic E-state index is 0.226. The number of hydrogen-bond acceptors (Lipinski definition) is 5. The van der Waals surface area contributed by atoms with Crippen LogP contribution in [0, 0.1) is 5.92 Å². The van der Waals surface area contributed by atoms with Gasteiger partial charge in [0.25, 0.3) is 5.56 Å². The molecule has 164 valence electrons. The van der Waals surface area contributed by atoms with Crippen molar-refractivity contribution in [2.24, 2.45) is 13.0 Å². The Morgan fingerprint density at radius 2 is 1.74 bits per heavy atom. The molecular weight excluding hydrogens is 392 g/mol. The summed E-state index contributed by atoms with van der Waals surface area (Å²) in [7, 11) is 1.72. The zero-order chi connectivity index (χ0) is 21.5. The van der Waals surface area contributed by atoms with Gasteiger partial charge in [0.2, 0.25) is 5.95 Å². The average Bonchev–Trinajstić information content (AvgIpc) is 3.18. The quantitative estimate of drug-likeness (QED) is 0.645. The third kappa shape index (κ3) is 3.48. The normalized spacial score (nSPS) is 19.7. The van der Waals surface area contributed by atoms with Crippen molar-refractivity contribution in [1.29, 1.82) is 0 Å². The molecule has 0 bridgehead atoms. The van der Waals surface area contributed by atoms with E-state index in [2.05, 4.69) is 28.9 Å². The van der Waals surface area contributed by atoms with Crippen molar-refractivity contribution in [1.82, 2.24) is 23.6 Å². The summed E-state index contributed by atoms with van der Waals surface area (Å²) in [5.74, 6) is 1.09. The number of aromatic nitrogens is 4. The van der Waals surface area contributed by atoms with Crippen molar-refractivity contribution < 1.29 is 0 Å². The Morgan fingerprint density at radius 3 is 2.48 bits per heavy atom. The van der Waals surface area contributed by atoms with Crippen LogP contribution in [0.15, 0.2) is 39.9 Å². The maximum atomic E-state index is 13.5. The van der Waals surface area contributed by atoms with Gasteiger partial charge in [-0.05, 0) is 44.0 Å². The molecule has 2 aromatic heterocycles. The molecule has 2 aliphatic heterocycles. The molecule has 0 radical (unpaired) electrons. The molecule has 5 rings (SSSR count). The molecule has 8 nitrogen and oxygen atoms in total. The number of rotatable bonds is 4. The molecule has 1 saturated heterocycles. The second-order valence-corrected chi connectivity index (χ2v) is 8.95. The lowest BCUT2D eigenvalue weighted by atomic mass is 10.1. The number of imidazole rings is 1. The largest absolute Gasteiger partial charge is 0.332 e. The van der Waals surface area contributed by atoms with Crippen LogP contribution >= 0.6 is 0 Å². The van der Waals surface area contributed by atoms with Crippen LogP contribution in [0.25, 0.3) is 11.2 Å². The van der Waals surface area contributed by atoms with Gasteiger partial charge in [-0.2, -0.15) is 4.98 Å². The Balaban J connectivity index is 1.61. The van der Waals surface area contributed by atoms with Crippen LogP contribution < -0.4 is 16.1 Å². The molecule has 3 aromatic rings. The Hall–Kier alpha value is -2.87. The van der Waals surface area contributed by atoms with Crippen molar-refractivity contribution in [2.45, 2.75) is 39.3 Å². The lowest BCUT2D eigenvalue weighted by Gasteiger charge is -2.32. The van der Waals surface area contributed by atoms with E-state index in [1.165, 1.54) is 28.4 Å². The van der Waals surface area contributed by atoms with Gasteiger partial charge in [-0.3, -0.25) is 13.9 Å². The number of hydrogen-bond donors (Lipinski definition) is 0. The number of para-hydroxylation sites is 1. The van der Waals surface area contributed by atoms with Gasteiger partial charge in [-0.25, -0.2) is 4.79 Å². The van der Waals surface area contributed by atoms with Crippen molar-refractivity contribution in [3.63, 3.8) is 0 Å². The zero-order valence-electron chi connectivity index (χ0n) is 18.3. The van der Waals surface area contributed by atoms with E-state index < -0.39 is 0 Å². The van der Waals surface area contributed by atoms with Gasteiger partial charge < -0.3 is 14.4 Å². The molecule has 31 heavy (non-hydrogen) atoms. The van der Waals surface area contributed by atoms with Gasteiger partial charge in [0.1, 0.15) is 0 Å². The first kappa shape index (κ1) is 20.1. The summed E-state index contributed by atoms with van der Waals surface area (Å²) in [6, 6.07) is 10.1. The third-order valence-electron chi connectivity index (χ3n) is 6.60. The fourth-order valence-corrected chi connectivity index (χ4v) is 4.95. The fraction of sp³-hybridized carbons (Fsp3) is 0.522. The van der Waals surface area contributed by atoms with E-state index in [1.807, 2.05) is 22.8 Å². The van der Waals surface area contributed by atoms with Gasteiger partial charge >= 0.3 is 5.69 Å². The highest BCUT2D eigenvalue weighted by Crippen LogP contribution is 2.32. The van der Waals surface area contributed by atoms with Crippen LogP contribution in [0.4, 0.5) is 11.6 Å². The van der Waals surface area contributed by atoms with E-state index in [9.17, 15) is 9.59 Å². The van der Waals surface area contributed by atoms with Gasteiger partial charge in [-0.1, -0.05) is 31.5 Å². The standard InChI is InChI=1S/C23H30N6O2/c1-17-15-28(18-9-5-3-6-10-18)22-24-20-19(29(22)16-17)21(30)27(23(31)25(20)2)14-13-26-11-7-4-8-12-26/h3,5-6,9-10,17H,4,7-8,11-16H2,1-2H3. The van der Waals surface area contributed by atoms with Crippen molar-refractivity contribution in [2.75, 3.05) is 31.1 Å². The summed E-state index contributed by atoms with van der Waals surface area (Å²) >= 11 is 0. The minimum atomic E-state index is -0.288. The number of benzene rings is 1. The second kappa shape index (κ2) is 8.00. The Bertz CT molecular complexity index is 1200. The molecule has 1 fully saturated rings. The van der Waals surface area contributed by atoms with Crippen molar-refractivity contribution in [3.8, 4) is 0 Å². The molecule has 0 aliphatic carbocycles. The first-order chi connectivity index (χ1) is 15.0. The van der Waals surface area contributed by atoms with E-state index in [1.54, 1.807) is 7.05 Å². The Morgan fingerprint density at radius 1 is 1.00 bits per heavy atom. The number of anilines is 2. The monoisotopic (exact) mass is 422 g/mol. The predicted molar refractivity (Wildman–Crippen MR) is 122 cm³/mol. The molecule has 1 aromatic carbocycles. The van der Waals surface area contributed by atoms with Crippen molar-refractivity contribution >= 4 is 22.8 Å². The summed E-state index contributed by atoms with van der Waals surface area (Å²) in [5.41, 5.74) is 1.53. The van der Waals surface area contributed by atoms with Crippen LogP contribution in [-0.2, 0) is 20.1 Å². The van der Waals surface area contributed by atoms with Crippen LogP contribution in [0.2, 0.25) is 0 Å². The van der Waals surface area contributed by atoms with E-state index in [0.29, 0.717) is 30.2 Å². The molecule has 4 heterocycles. The van der Waals surface area contributed by atoms with Gasteiger partial charge in [0, 0.05) is 38.9 Å². The van der Waals surface area contributed by atoms with E-state index >= 15 is 0 Å². The molecule has 1 atom stereocenters. The highest BCUT2D eigenvalue weighted by Gasteiger charge is 2.29. The predicted octanol–water partition coefficient (Wildman–Crippen LogP) is 2.17. The van der Waals surface area contributed by atoms with Gasteiger partial charge in [0.05, 0.1) is 0 Å². The maximum Gasteiger partial charge on any atom is 0.332 e. The van der Waals surface area contributed by atoms with E-state index in [4.69, 9.17) is 4.98 Å². The SMILES string of the molecule is CC1CN(c2ccccc2)c2nc3c(c(=O)n(CCN4CCCCC4)c(=O)n3C)n2C1. The third-order valence-corrected chi connectivity index (χ3v) is 6.60. The van der Waals surface area contributed by atoms with Gasteiger partial charge in [-0.15, -0.1) is 0 Å². The lowest BCUT2D eigenvalue weighted by Crippen LogP contribution is -2.43. The number of aryl methyl sites for hydroxylation is 1. The molecule has 1 unspecified atom stereocenters. The molecule has 2 aliphatic rings. The van der Waals surface area contributed by atoms with E-state index in [-0.39, 0.29) is 11.2 Å². The number of piperidine rings is 1.